The average Bonchev–Trinajstić information content (AvgIpc) is 2.29. The van der Waals surface area contributed by atoms with Gasteiger partial charge in [-0.1, -0.05) is 0 Å². The Kier molecular flexibility index (Phi) is 4.40. The first kappa shape index (κ1) is 12.8. The van der Waals surface area contributed by atoms with E-state index in [1.807, 2.05) is 4.90 Å². The largest absolute Gasteiger partial charge is 0.340 e. The van der Waals surface area contributed by atoms with E-state index in [1.54, 1.807) is 6.92 Å². The third kappa shape index (κ3) is 3.68. The van der Waals surface area contributed by atoms with E-state index < -0.39 is 0 Å². The van der Waals surface area contributed by atoms with Gasteiger partial charge in [0.25, 0.3) is 0 Å². The van der Waals surface area contributed by atoms with Gasteiger partial charge < -0.3 is 9.80 Å². The van der Waals surface area contributed by atoms with Gasteiger partial charge in [0.05, 0.1) is 0 Å². The maximum Gasteiger partial charge on any atom is 0.219 e. The average molecular weight is 239 g/mol. The zero-order valence-electron chi connectivity index (χ0n) is 11.2. The summed E-state index contributed by atoms with van der Waals surface area (Å²) in [4.78, 5) is 18.2. The normalized spacial score (nSPS) is 28.4. The van der Waals surface area contributed by atoms with Crippen molar-refractivity contribution in [2.24, 2.45) is 5.92 Å². The van der Waals surface area contributed by atoms with Crippen molar-refractivity contribution < 1.29 is 4.79 Å². The summed E-state index contributed by atoms with van der Waals surface area (Å²) in [6.07, 6.45) is 2.71. The number of likely N-dealkylation sites (tertiary alicyclic amines) is 1. The van der Waals surface area contributed by atoms with Gasteiger partial charge in [0.15, 0.2) is 0 Å². The molecule has 1 amide bonds. The minimum absolute atomic E-state index is 0.224. The lowest BCUT2D eigenvalue weighted by Crippen LogP contribution is -2.50. The number of piperazine rings is 1. The highest BCUT2D eigenvalue weighted by molar-refractivity contribution is 5.73. The third-order valence-electron chi connectivity index (χ3n) is 4.06. The number of rotatable bonds is 2. The van der Waals surface area contributed by atoms with Crippen molar-refractivity contribution in [1.82, 2.24) is 14.7 Å². The molecule has 0 aromatic carbocycles. The summed E-state index contributed by atoms with van der Waals surface area (Å²) >= 11 is 0. The number of hydrogen-bond acceptors (Lipinski definition) is 3. The summed E-state index contributed by atoms with van der Waals surface area (Å²) in [7, 11) is 2.22. The monoisotopic (exact) mass is 239 g/mol. The molecule has 2 aliphatic rings. The van der Waals surface area contributed by atoms with Crippen molar-refractivity contribution in [2.75, 3.05) is 52.9 Å². The molecule has 2 saturated heterocycles. The van der Waals surface area contributed by atoms with E-state index in [1.165, 1.54) is 32.5 Å². The molecule has 4 heteroatoms. The standard InChI is InChI=1S/C13H25N3O/c1-12(17)16-8-6-15(7-9-16)11-13-4-3-5-14(2)10-13/h13H,3-11H2,1-2H3. The van der Waals surface area contributed by atoms with Gasteiger partial charge in [-0.25, -0.2) is 0 Å². The fourth-order valence-electron chi connectivity index (χ4n) is 3.03. The molecule has 2 aliphatic heterocycles. The second kappa shape index (κ2) is 5.83. The van der Waals surface area contributed by atoms with Crippen LogP contribution >= 0.6 is 0 Å². The van der Waals surface area contributed by atoms with Gasteiger partial charge in [-0.05, 0) is 32.4 Å². The predicted octanol–water partition coefficient (Wildman–Crippen LogP) is 0.492. The summed E-state index contributed by atoms with van der Waals surface area (Å²) in [5.74, 6) is 1.06. The van der Waals surface area contributed by atoms with Gasteiger partial charge >= 0.3 is 0 Å². The third-order valence-corrected chi connectivity index (χ3v) is 4.06. The molecule has 98 valence electrons. The van der Waals surface area contributed by atoms with Crippen LogP contribution in [-0.2, 0) is 4.79 Å². The number of hydrogen-bond donors (Lipinski definition) is 0. The van der Waals surface area contributed by atoms with Crippen LogP contribution in [0.1, 0.15) is 19.8 Å². The van der Waals surface area contributed by atoms with Gasteiger partial charge in [0, 0.05) is 46.2 Å². The molecule has 0 aromatic rings. The van der Waals surface area contributed by atoms with Crippen molar-refractivity contribution in [2.45, 2.75) is 19.8 Å². The molecule has 1 unspecified atom stereocenters. The minimum Gasteiger partial charge on any atom is -0.340 e. The number of nitrogens with zero attached hydrogens (tertiary/aromatic N) is 3. The quantitative estimate of drug-likeness (QED) is 0.702. The molecular formula is C13H25N3O. The molecule has 0 radical (unpaired) electrons. The highest BCUT2D eigenvalue weighted by Crippen LogP contribution is 2.17. The number of carbonyl (C=O) groups is 1. The molecule has 0 N–H and O–H groups in total. The first-order chi connectivity index (χ1) is 8.15. The van der Waals surface area contributed by atoms with E-state index in [0.29, 0.717) is 0 Å². The predicted molar refractivity (Wildman–Crippen MR) is 68.9 cm³/mol. The molecule has 2 heterocycles. The Morgan fingerprint density at radius 1 is 1.18 bits per heavy atom. The van der Waals surface area contributed by atoms with Crippen LogP contribution in [0.2, 0.25) is 0 Å². The van der Waals surface area contributed by atoms with Crippen LogP contribution in [0.15, 0.2) is 0 Å². The van der Waals surface area contributed by atoms with Crippen LogP contribution in [0.3, 0.4) is 0 Å². The Hall–Kier alpha value is -0.610. The van der Waals surface area contributed by atoms with E-state index in [4.69, 9.17) is 0 Å². The molecule has 17 heavy (non-hydrogen) atoms. The molecule has 0 bridgehead atoms. The summed E-state index contributed by atoms with van der Waals surface area (Å²) in [6, 6.07) is 0. The highest BCUT2D eigenvalue weighted by Gasteiger charge is 2.23. The second-order valence-electron chi connectivity index (χ2n) is 5.58. The fourth-order valence-corrected chi connectivity index (χ4v) is 3.03. The lowest BCUT2D eigenvalue weighted by atomic mass is 9.97. The lowest BCUT2D eigenvalue weighted by Gasteiger charge is -2.38. The summed E-state index contributed by atoms with van der Waals surface area (Å²) in [6.45, 7) is 9.33. The van der Waals surface area contributed by atoms with Crippen LogP contribution in [0, 0.1) is 5.92 Å². The number of piperidine rings is 1. The zero-order valence-corrected chi connectivity index (χ0v) is 11.2. The van der Waals surface area contributed by atoms with Crippen LogP contribution in [0.25, 0.3) is 0 Å². The van der Waals surface area contributed by atoms with E-state index in [9.17, 15) is 4.79 Å². The fraction of sp³-hybridized carbons (Fsp3) is 0.923. The molecule has 0 saturated carbocycles. The van der Waals surface area contributed by atoms with Gasteiger partial charge in [-0.2, -0.15) is 0 Å². The Labute approximate surface area is 105 Å². The van der Waals surface area contributed by atoms with E-state index in [2.05, 4.69) is 16.8 Å². The summed E-state index contributed by atoms with van der Waals surface area (Å²) in [5, 5.41) is 0. The molecule has 1 atom stereocenters. The Bertz CT molecular complexity index is 261. The molecule has 0 aliphatic carbocycles. The number of amides is 1. The maximum atomic E-state index is 11.2. The van der Waals surface area contributed by atoms with Gasteiger partial charge in [0.2, 0.25) is 5.91 Å². The van der Waals surface area contributed by atoms with Crippen molar-refractivity contribution in [3.63, 3.8) is 0 Å². The molecule has 2 fully saturated rings. The number of carbonyl (C=O) groups excluding carboxylic acids is 1. The van der Waals surface area contributed by atoms with Crippen molar-refractivity contribution in [1.29, 1.82) is 0 Å². The second-order valence-corrected chi connectivity index (χ2v) is 5.58. The molecular weight excluding hydrogens is 214 g/mol. The van der Waals surface area contributed by atoms with Crippen LogP contribution < -0.4 is 0 Å². The smallest absolute Gasteiger partial charge is 0.219 e. The van der Waals surface area contributed by atoms with Crippen molar-refractivity contribution in [3.8, 4) is 0 Å². The Balaban J connectivity index is 1.72. The molecule has 4 nitrogen and oxygen atoms in total. The molecule has 2 rings (SSSR count). The molecule has 0 aromatic heterocycles. The van der Waals surface area contributed by atoms with E-state index in [-0.39, 0.29) is 5.91 Å². The maximum absolute atomic E-state index is 11.2. The summed E-state index contributed by atoms with van der Waals surface area (Å²) < 4.78 is 0. The Morgan fingerprint density at radius 2 is 1.88 bits per heavy atom. The summed E-state index contributed by atoms with van der Waals surface area (Å²) in [5.41, 5.74) is 0. The molecule has 0 spiro atoms. The lowest BCUT2D eigenvalue weighted by molar-refractivity contribution is -0.130. The van der Waals surface area contributed by atoms with Crippen LogP contribution in [0.5, 0.6) is 0 Å². The minimum atomic E-state index is 0.224. The van der Waals surface area contributed by atoms with Crippen molar-refractivity contribution >= 4 is 5.91 Å². The van der Waals surface area contributed by atoms with E-state index in [0.717, 1.165) is 32.1 Å². The van der Waals surface area contributed by atoms with Crippen LogP contribution in [-0.4, -0.2) is 73.5 Å². The first-order valence-corrected chi connectivity index (χ1v) is 6.81. The van der Waals surface area contributed by atoms with E-state index >= 15 is 0 Å². The Morgan fingerprint density at radius 3 is 2.47 bits per heavy atom. The van der Waals surface area contributed by atoms with Gasteiger partial charge in [-0.15, -0.1) is 0 Å². The topological polar surface area (TPSA) is 26.8 Å². The highest BCUT2D eigenvalue weighted by atomic mass is 16.2. The SMILES string of the molecule is CC(=O)N1CCN(CC2CCCN(C)C2)CC1. The van der Waals surface area contributed by atoms with Gasteiger partial charge in [0.1, 0.15) is 0 Å². The zero-order chi connectivity index (χ0) is 12.3. The van der Waals surface area contributed by atoms with Gasteiger partial charge in [-0.3, -0.25) is 9.69 Å². The van der Waals surface area contributed by atoms with Crippen LogP contribution in [0.4, 0.5) is 0 Å². The van der Waals surface area contributed by atoms with Crippen molar-refractivity contribution in [3.05, 3.63) is 0 Å². The first-order valence-electron chi connectivity index (χ1n) is 6.81.